The average molecular weight is 245 g/mol. The summed E-state index contributed by atoms with van der Waals surface area (Å²) >= 11 is 0. The molecule has 0 aliphatic carbocycles. The van der Waals surface area contributed by atoms with Gasteiger partial charge in [-0.25, -0.2) is 4.90 Å². The van der Waals surface area contributed by atoms with Crippen molar-refractivity contribution in [3.63, 3.8) is 0 Å². The predicted molar refractivity (Wildman–Crippen MR) is 65.2 cm³/mol. The standard InChI is InChI=1S/C14H15NO3/c1-2-3-8-14(9-18-14)15-12(16)10-6-4-5-7-11(10)13(15)17/h4-7H,2-3,8-9H2,1H3. The lowest BCUT2D eigenvalue weighted by Gasteiger charge is -2.22. The minimum atomic E-state index is -0.663. The number of ether oxygens (including phenoxy) is 1. The highest BCUT2D eigenvalue weighted by Crippen LogP contribution is 2.41. The van der Waals surface area contributed by atoms with E-state index in [4.69, 9.17) is 4.74 Å². The molecule has 4 nitrogen and oxygen atoms in total. The van der Waals surface area contributed by atoms with Crippen LogP contribution in [-0.4, -0.2) is 29.0 Å². The van der Waals surface area contributed by atoms with Crippen molar-refractivity contribution in [2.24, 2.45) is 0 Å². The maximum Gasteiger partial charge on any atom is 0.264 e. The van der Waals surface area contributed by atoms with Crippen LogP contribution in [0.4, 0.5) is 0 Å². The topological polar surface area (TPSA) is 49.9 Å². The maximum atomic E-state index is 12.3. The molecule has 1 unspecified atom stereocenters. The van der Waals surface area contributed by atoms with Crippen molar-refractivity contribution in [1.29, 1.82) is 0 Å². The van der Waals surface area contributed by atoms with E-state index < -0.39 is 5.72 Å². The Labute approximate surface area is 106 Å². The van der Waals surface area contributed by atoms with Crippen LogP contribution < -0.4 is 0 Å². The zero-order valence-electron chi connectivity index (χ0n) is 10.3. The first-order chi connectivity index (χ1) is 8.69. The lowest BCUT2D eigenvalue weighted by Crippen LogP contribution is -2.43. The summed E-state index contributed by atoms with van der Waals surface area (Å²) in [7, 11) is 0. The fourth-order valence-corrected chi connectivity index (χ4v) is 2.48. The number of carbonyl (C=O) groups is 2. The number of benzene rings is 1. The third-order valence-corrected chi connectivity index (χ3v) is 3.60. The molecule has 0 bridgehead atoms. The van der Waals surface area contributed by atoms with Crippen molar-refractivity contribution in [2.75, 3.05) is 6.61 Å². The van der Waals surface area contributed by atoms with Crippen LogP contribution in [0.25, 0.3) is 0 Å². The van der Waals surface area contributed by atoms with Gasteiger partial charge in [-0.3, -0.25) is 9.59 Å². The molecule has 2 aliphatic rings. The van der Waals surface area contributed by atoms with E-state index in [0.717, 1.165) is 19.3 Å². The molecule has 0 saturated carbocycles. The molecule has 4 heteroatoms. The van der Waals surface area contributed by atoms with Crippen molar-refractivity contribution in [1.82, 2.24) is 4.90 Å². The quantitative estimate of drug-likeness (QED) is 0.603. The summed E-state index contributed by atoms with van der Waals surface area (Å²) in [5, 5.41) is 0. The number of hydrogen-bond donors (Lipinski definition) is 0. The van der Waals surface area contributed by atoms with Gasteiger partial charge in [0, 0.05) is 0 Å². The molecule has 2 aliphatic heterocycles. The fraction of sp³-hybridized carbons (Fsp3) is 0.429. The summed E-state index contributed by atoms with van der Waals surface area (Å²) in [4.78, 5) is 25.9. The molecule has 1 saturated heterocycles. The van der Waals surface area contributed by atoms with Crippen molar-refractivity contribution in [2.45, 2.75) is 31.9 Å². The normalized spacial score (nSPS) is 25.5. The summed E-state index contributed by atoms with van der Waals surface area (Å²) < 4.78 is 5.44. The molecule has 1 aromatic carbocycles. The van der Waals surface area contributed by atoms with Gasteiger partial charge in [-0.15, -0.1) is 0 Å². The Kier molecular flexibility index (Phi) is 2.48. The van der Waals surface area contributed by atoms with Crippen LogP contribution in [0.1, 0.15) is 46.9 Å². The average Bonchev–Trinajstić information content (AvgIpc) is 3.12. The van der Waals surface area contributed by atoms with E-state index in [9.17, 15) is 9.59 Å². The van der Waals surface area contributed by atoms with Gasteiger partial charge >= 0.3 is 0 Å². The lowest BCUT2D eigenvalue weighted by atomic mass is 10.1. The van der Waals surface area contributed by atoms with E-state index in [2.05, 4.69) is 6.92 Å². The summed E-state index contributed by atoms with van der Waals surface area (Å²) in [6.07, 6.45) is 2.71. The van der Waals surface area contributed by atoms with Gasteiger partial charge in [0.15, 0.2) is 5.72 Å². The van der Waals surface area contributed by atoms with Gasteiger partial charge in [0.25, 0.3) is 11.8 Å². The number of hydrogen-bond acceptors (Lipinski definition) is 3. The summed E-state index contributed by atoms with van der Waals surface area (Å²) in [6.45, 7) is 2.55. The van der Waals surface area contributed by atoms with Gasteiger partial charge in [-0.2, -0.15) is 0 Å². The van der Waals surface area contributed by atoms with Crippen LogP contribution in [0.3, 0.4) is 0 Å². The number of epoxide rings is 1. The number of unbranched alkanes of at least 4 members (excludes halogenated alkanes) is 1. The Morgan fingerprint density at radius 1 is 1.22 bits per heavy atom. The minimum Gasteiger partial charge on any atom is -0.348 e. The fourth-order valence-electron chi connectivity index (χ4n) is 2.48. The number of amides is 2. The molecule has 94 valence electrons. The second kappa shape index (κ2) is 3.92. The zero-order valence-corrected chi connectivity index (χ0v) is 10.3. The summed E-state index contributed by atoms with van der Waals surface area (Å²) in [6, 6.07) is 6.96. The molecular weight excluding hydrogens is 230 g/mol. The predicted octanol–water partition coefficient (Wildman–Crippen LogP) is 2.20. The van der Waals surface area contributed by atoms with Gasteiger partial charge in [0.05, 0.1) is 17.7 Å². The number of rotatable bonds is 4. The van der Waals surface area contributed by atoms with E-state index in [1.54, 1.807) is 24.3 Å². The van der Waals surface area contributed by atoms with Gasteiger partial charge in [0.2, 0.25) is 0 Å². The number of nitrogens with zero attached hydrogens (tertiary/aromatic N) is 1. The highest BCUT2D eigenvalue weighted by molar-refractivity contribution is 6.21. The molecule has 0 aromatic heterocycles. The molecule has 0 spiro atoms. The van der Waals surface area contributed by atoms with Crippen LogP contribution in [0.15, 0.2) is 24.3 Å². The first-order valence-corrected chi connectivity index (χ1v) is 6.31. The van der Waals surface area contributed by atoms with E-state index in [1.807, 2.05) is 0 Å². The molecular formula is C14H15NO3. The van der Waals surface area contributed by atoms with Crippen LogP contribution in [0, 0.1) is 0 Å². The van der Waals surface area contributed by atoms with Gasteiger partial charge < -0.3 is 4.74 Å². The van der Waals surface area contributed by atoms with E-state index in [0.29, 0.717) is 17.7 Å². The summed E-state index contributed by atoms with van der Waals surface area (Å²) in [5.41, 5.74) is 0.325. The maximum absolute atomic E-state index is 12.3. The minimum absolute atomic E-state index is 0.218. The third kappa shape index (κ3) is 1.49. The molecule has 1 aromatic rings. The van der Waals surface area contributed by atoms with Crippen LogP contribution in [0.5, 0.6) is 0 Å². The highest BCUT2D eigenvalue weighted by Gasteiger charge is 2.57. The van der Waals surface area contributed by atoms with Crippen LogP contribution in [0.2, 0.25) is 0 Å². The van der Waals surface area contributed by atoms with Gasteiger partial charge in [-0.1, -0.05) is 25.5 Å². The van der Waals surface area contributed by atoms with Crippen molar-refractivity contribution < 1.29 is 14.3 Å². The number of imide groups is 1. The third-order valence-electron chi connectivity index (χ3n) is 3.60. The Morgan fingerprint density at radius 3 is 2.22 bits per heavy atom. The van der Waals surface area contributed by atoms with Crippen molar-refractivity contribution in [3.8, 4) is 0 Å². The van der Waals surface area contributed by atoms with Crippen molar-refractivity contribution >= 4 is 11.8 Å². The number of fused-ring (bicyclic) bond motifs is 1. The molecule has 1 fully saturated rings. The van der Waals surface area contributed by atoms with E-state index in [-0.39, 0.29) is 11.8 Å². The Hall–Kier alpha value is -1.68. The number of carbonyl (C=O) groups excluding carboxylic acids is 2. The Bertz CT molecular complexity index is 485. The second-order valence-electron chi connectivity index (χ2n) is 4.83. The van der Waals surface area contributed by atoms with Gasteiger partial charge in [-0.05, 0) is 25.0 Å². The monoisotopic (exact) mass is 245 g/mol. The molecule has 2 amide bonds. The van der Waals surface area contributed by atoms with Crippen LogP contribution >= 0.6 is 0 Å². The molecule has 1 atom stereocenters. The largest absolute Gasteiger partial charge is 0.348 e. The SMILES string of the molecule is CCCCC1(N2C(=O)c3ccccc3C2=O)CO1. The molecule has 3 rings (SSSR count). The smallest absolute Gasteiger partial charge is 0.264 e. The Balaban J connectivity index is 1.93. The molecule has 0 radical (unpaired) electrons. The Morgan fingerprint density at radius 2 is 1.78 bits per heavy atom. The lowest BCUT2D eigenvalue weighted by molar-refractivity contribution is 0.0383. The second-order valence-corrected chi connectivity index (χ2v) is 4.83. The van der Waals surface area contributed by atoms with E-state index in [1.165, 1.54) is 4.90 Å². The van der Waals surface area contributed by atoms with Crippen molar-refractivity contribution in [3.05, 3.63) is 35.4 Å². The molecule has 2 heterocycles. The molecule has 18 heavy (non-hydrogen) atoms. The van der Waals surface area contributed by atoms with Crippen LogP contribution in [-0.2, 0) is 4.74 Å². The first-order valence-electron chi connectivity index (χ1n) is 6.31. The first kappa shape index (κ1) is 11.4. The van der Waals surface area contributed by atoms with Gasteiger partial charge in [0.1, 0.15) is 0 Å². The van der Waals surface area contributed by atoms with E-state index >= 15 is 0 Å². The highest BCUT2D eigenvalue weighted by atomic mass is 16.6. The summed E-state index contributed by atoms with van der Waals surface area (Å²) in [5.74, 6) is -0.437. The molecule has 0 N–H and O–H groups in total. The zero-order chi connectivity index (χ0) is 12.8.